The molecular weight excluding hydrogens is 236 g/mol. The molecule has 0 bridgehead atoms. The molecule has 2 aromatic rings. The minimum Gasteiger partial charge on any atom is -0.494 e. The summed E-state index contributed by atoms with van der Waals surface area (Å²) in [5.41, 5.74) is 1.68. The Labute approximate surface area is 114 Å². The summed E-state index contributed by atoms with van der Waals surface area (Å²) in [5, 5.41) is 8.35. The molecule has 0 amide bonds. The van der Waals surface area contributed by atoms with Gasteiger partial charge in [0.15, 0.2) is 0 Å². The van der Waals surface area contributed by atoms with Gasteiger partial charge in [0.25, 0.3) is 0 Å². The molecule has 0 fully saturated rings. The van der Waals surface area contributed by atoms with E-state index < -0.39 is 0 Å². The minimum absolute atomic E-state index is 0.765. The van der Waals surface area contributed by atoms with Crippen LogP contribution in [0.4, 0.5) is 11.4 Å². The van der Waals surface area contributed by atoms with E-state index >= 15 is 0 Å². The van der Waals surface area contributed by atoms with E-state index in [0.29, 0.717) is 0 Å². The molecule has 98 valence electrons. The smallest absolute Gasteiger partial charge is 0.119 e. The summed E-state index contributed by atoms with van der Waals surface area (Å²) in [7, 11) is 0. The maximum absolute atomic E-state index is 5.59. The second-order valence-electron chi connectivity index (χ2n) is 4.23. The summed E-state index contributed by atoms with van der Waals surface area (Å²) >= 11 is 0. The Kier molecular flexibility index (Phi) is 5.11. The standard InChI is InChI=1S/C16H18N2O/c1-2-3-13-19-16-11-9-15(10-12-16)18-17-14-7-5-4-6-8-14/h4-12H,2-3,13H2,1H3/b18-17+. The van der Waals surface area contributed by atoms with Crippen LogP contribution in [0, 0.1) is 0 Å². The summed E-state index contributed by atoms with van der Waals surface area (Å²) < 4.78 is 5.59. The fourth-order valence-corrected chi connectivity index (χ4v) is 1.55. The quantitative estimate of drug-likeness (QED) is 0.510. The highest BCUT2D eigenvalue weighted by Crippen LogP contribution is 2.21. The van der Waals surface area contributed by atoms with Gasteiger partial charge in [0.1, 0.15) is 5.75 Å². The van der Waals surface area contributed by atoms with Gasteiger partial charge in [-0.3, -0.25) is 0 Å². The van der Waals surface area contributed by atoms with Crippen LogP contribution in [0.1, 0.15) is 19.8 Å². The fourth-order valence-electron chi connectivity index (χ4n) is 1.55. The monoisotopic (exact) mass is 254 g/mol. The van der Waals surface area contributed by atoms with Crippen LogP contribution in [-0.4, -0.2) is 6.61 Å². The number of ether oxygens (including phenoxy) is 1. The average Bonchev–Trinajstić information content (AvgIpc) is 2.48. The van der Waals surface area contributed by atoms with E-state index in [2.05, 4.69) is 17.2 Å². The van der Waals surface area contributed by atoms with Crippen LogP contribution in [-0.2, 0) is 0 Å². The lowest BCUT2D eigenvalue weighted by atomic mass is 10.3. The maximum Gasteiger partial charge on any atom is 0.119 e. The molecule has 0 unspecified atom stereocenters. The van der Waals surface area contributed by atoms with Crippen molar-refractivity contribution in [1.29, 1.82) is 0 Å². The molecule has 0 aromatic heterocycles. The molecule has 0 aliphatic rings. The zero-order valence-electron chi connectivity index (χ0n) is 11.1. The van der Waals surface area contributed by atoms with Gasteiger partial charge in [-0.15, -0.1) is 0 Å². The van der Waals surface area contributed by atoms with Crippen molar-refractivity contribution in [3.8, 4) is 5.75 Å². The van der Waals surface area contributed by atoms with Crippen molar-refractivity contribution in [2.45, 2.75) is 19.8 Å². The maximum atomic E-state index is 5.59. The number of rotatable bonds is 6. The predicted molar refractivity (Wildman–Crippen MR) is 77.5 cm³/mol. The lowest BCUT2D eigenvalue weighted by Gasteiger charge is -2.04. The van der Waals surface area contributed by atoms with E-state index in [9.17, 15) is 0 Å². The Bertz CT molecular complexity index is 506. The van der Waals surface area contributed by atoms with Crippen LogP contribution in [0.2, 0.25) is 0 Å². The third-order valence-electron chi connectivity index (χ3n) is 2.64. The highest BCUT2D eigenvalue weighted by Gasteiger charge is 1.94. The Balaban J connectivity index is 1.93. The van der Waals surface area contributed by atoms with E-state index in [4.69, 9.17) is 4.74 Å². The van der Waals surface area contributed by atoms with Gasteiger partial charge in [-0.05, 0) is 42.8 Å². The van der Waals surface area contributed by atoms with Crippen molar-refractivity contribution in [2.75, 3.05) is 6.61 Å². The van der Waals surface area contributed by atoms with Crippen molar-refractivity contribution < 1.29 is 4.74 Å². The summed E-state index contributed by atoms with van der Waals surface area (Å²) in [4.78, 5) is 0. The zero-order valence-corrected chi connectivity index (χ0v) is 11.1. The molecule has 0 radical (unpaired) electrons. The van der Waals surface area contributed by atoms with Crippen molar-refractivity contribution in [1.82, 2.24) is 0 Å². The second kappa shape index (κ2) is 7.31. The zero-order chi connectivity index (χ0) is 13.3. The van der Waals surface area contributed by atoms with Crippen LogP contribution in [0.25, 0.3) is 0 Å². The van der Waals surface area contributed by atoms with Crippen LogP contribution >= 0.6 is 0 Å². The van der Waals surface area contributed by atoms with Crippen LogP contribution in [0.5, 0.6) is 5.75 Å². The van der Waals surface area contributed by atoms with Gasteiger partial charge in [-0.2, -0.15) is 10.2 Å². The lowest BCUT2D eigenvalue weighted by Crippen LogP contribution is -1.95. The molecular formula is C16H18N2O. The van der Waals surface area contributed by atoms with Gasteiger partial charge < -0.3 is 4.74 Å². The first kappa shape index (κ1) is 13.3. The number of nitrogens with zero attached hydrogens (tertiary/aromatic N) is 2. The number of azo groups is 1. The average molecular weight is 254 g/mol. The van der Waals surface area contributed by atoms with Gasteiger partial charge >= 0.3 is 0 Å². The number of benzene rings is 2. The summed E-state index contributed by atoms with van der Waals surface area (Å²) in [6.07, 6.45) is 2.22. The number of hydrogen-bond acceptors (Lipinski definition) is 3. The van der Waals surface area contributed by atoms with E-state index in [1.165, 1.54) is 0 Å². The molecule has 0 spiro atoms. The Morgan fingerprint density at radius 1 is 0.842 bits per heavy atom. The predicted octanol–water partition coefficient (Wildman–Crippen LogP) is 5.28. The molecule has 0 N–H and O–H groups in total. The van der Waals surface area contributed by atoms with Gasteiger partial charge in [-0.25, -0.2) is 0 Å². The van der Waals surface area contributed by atoms with Gasteiger partial charge in [0.05, 0.1) is 18.0 Å². The minimum atomic E-state index is 0.765. The third-order valence-corrected chi connectivity index (χ3v) is 2.64. The van der Waals surface area contributed by atoms with Gasteiger partial charge in [-0.1, -0.05) is 31.5 Å². The van der Waals surface area contributed by atoms with Crippen LogP contribution in [0.3, 0.4) is 0 Å². The normalized spacial score (nSPS) is 10.8. The van der Waals surface area contributed by atoms with Crippen LogP contribution < -0.4 is 4.74 Å². The highest BCUT2D eigenvalue weighted by atomic mass is 16.5. The highest BCUT2D eigenvalue weighted by molar-refractivity contribution is 5.42. The van der Waals surface area contributed by atoms with E-state index in [-0.39, 0.29) is 0 Å². The Hall–Kier alpha value is -2.16. The molecule has 0 aliphatic carbocycles. The van der Waals surface area contributed by atoms with Gasteiger partial charge in [0.2, 0.25) is 0 Å². The number of unbranched alkanes of at least 4 members (excludes halogenated alkanes) is 1. The molecule has 0 atom stereocenters. The molecule has 3 nitrogen and oxygen atoms in total. The Morgan fingerprint density at radius 3 is 2.11 bits per heavy atom. The molecule has 2 rings (SSSR count). The number of hydrogen-bond donors (Lipinski definition) is 0. The van der Waals surface area contributed by atoms with Crippen molar-refractivity contribution in [3.05, 3.63) is 54.6 Å². The molecule has 0 aliphatic heterocycles. The first-order chi connectivity index (χ1) is 9.38. The first-order valence-corrected chi connectivity index (χ1v) is 6.58. The molecule has 3 heteroatoms. The van der Waals surface area contributed by atoms with Crippen molar-refractivity contribution in [2.24, 2.45) is 10.2 Å². The molecule has 0 saturated carbocycles. The summed E-state index contributed by atoms with van der Waals surface area (Å²) in [5.74, 6) is 0.882. The molecule has 0 heterocycles. The fraction of sp³-hybridized carbons (Fsp3) is 0.250. The third kappa shape index (κ3) is 4.54. The summed E-state index contributed by atoms with van der Waals surface area (Å²) in [6.45, 7) is 2.91. The van der Waals surface area contributed by atoms with Crippen LogP contribution in [0.15, 0.2) is 64.8 Å². The van der Waals surface area contributed by atoms with Crippen molar-refractivity contribution >= 4 is 11.4 Å². The first-order valence-electron chi connectivity index (χ1n) is 6.58. The topological polar surface area (TPSA) is 34.0 Å². The molecule has 0 saturated heterocycles. The van der Waals surface area contributed by atoms with Crippen molar-refractivity contribution in [3.63, 3.8) is 0 Å². The summed E-state index contributed by atoms with van der Waals surface area (Å²) in [6, 6.07) is 17.4. The SMILES string of the molecule is CCCCOc1ccc(/N=N/c2ccccc2)cc1. The second-order valence-corrected chi connectivity index (χ2v) is 4.23. The van der Waals surface area contributed by atoms with E-state index in [1.54, 1.807) is 0 Å². The molecule has 2 aromatic carbocycles. The van der Waals surface area contributed by atoms with E-state index in [0.717, 1.165) is 36.6 Å². The van der Waals surface area contributed by atoms with Gasteiger partial charge in [0, 0.05) is 0 Å². The molecule has 19 heavy (non-hydrogen) atoms. The van der Waals surface area contributed by atoms with E-state index in [1.807, 2.05) is 54.6 Å². The largest absolute Gasteiger partial charge is 0.494 e. The lowest BCUT2D eigenvalue weighted by molar-refractivity contribution is 0.309. The Morgan fingerprint density at radius 2 is 1.47 bits per heavy atom.